The summed E-state index contributed by atoms with van der Waals surface area (Å²) in [4.78, 5) is 11.3. The predicted octanol–water partition coefficient (Wildman–Crippen LogP) is 1.50. The highest BCUT2D eigenvalue weighted by Crippen LogP contribution is 2.08. The molecule has 1 unspecified atom stereocenters. The summed E-state index contributed by atoms with van der Waals surface area (Å²) in [6, 6.07) is 5.79. The third kappa shape index (κ3) is 2.72. The van der Waals surface area contributed by atoms with E-state index in [0.29, 0.717) is 5.56 Å². The zero-order chi connectivity index (χ0) is 9.84. The number of carbonyl (C=O) groups is 1. The molecule has 0 amide bonds. The Morgan fingerprint density at radius 1 is 1.38 bits per heavy atom. The Bertz CT molecular complexity index is 334. The van der Waals surface area contributed by atoms with E-state index >= 15 is 0 Å². The molecule has 1 atom stereocenters. The highest BCUT2D eigenvalue weighted by atomic mass is 79.9. The van der Waals surface area contributed by atoms with E-state index in [9.17, 15) is 13.6 Å². The van der Waals surface area contributed by atoms with E-state index in [1.807, 2.05) is 0 Å². The third-order valence-electron chi connectivity index (χ3n) is 1.49. The minimum Gasteiger partial charge on any atom is -0.768 e. The van der Waals surface area contributed by atoms with Gasteiger partial charge in [0.05, 0.1) is 5.33 Å². The monoisotopic (exact) mass is 261 g/mol. The Morgan fingerprint density at radius 3 is 2.31 bits per heavy atom. The topological polar surface area (TPSA) is 57.2 Å². The van der Waals surface area contributed by atoms with Gasteiger partial charge in [0, 0.05) is 10.5 Å². The molecule has 5 heteroatoms. The van der Waals surface area contributed by atoms with Crippen molar-refractivity contribution in [3.63, 3.8) is 0 Å². The van der Waals surface area contributed by atoms with Crippen molar-refractivity contribution in [3.05, 3.63) is 29.8 Å². The SMILES string of the molecule is O=C(CBr)c1ccc(S(=O)[O-])cc1. The van der Waals surface area contributed by atoms with Gasteiger partial charge in [-0.25, -0.2) is 0 Å². The van der Waals surface area contributed by atoms with Gasteiger partial charge in [0.1, 0.15) is 0 Å². The normalized spacial score (nSPS) is 12.5. The third-order valence-corrected chi connectivity index (χ3v) is 2.66. The van der Waals surface area contributed by atoms with Crippen molar-refractivity contribution in [2.45, 2.75) is 4.90 Å². The Labute approximate surface area is 86.6 Å². The molecule has 3 nitrogen and oxygen atoms in total. The van der Waals surface area contributed by atoms with Crippen LogP contribution >= 0.6 is 15.9 Å². The fourth-order valence-corrected chi connectivity index (χ4v) is 1.51. The van der Waals surface area contributed by atoms with E-state index < -0.39 is 11.1 Å². The molecule has 0 radical (unpaired) electrons. The lowest BCUT2D eigenvalue weighted by molar-refractivity contribution is 0.102. The van der Waals surface area contributed by atoms with Crippen LogP contribution in [-0.2, 0) is 11.1 Å². The second-order valence-corrected chi connectivity index (χ2v) is 3.82. The van der Waals surface area contributed by atoms with Crippen LogP contribution < -0.4 is 0 Å². The van der Waals surface area contributed by atoms with Crippen LogP contribution in [0.4, 0.5) is 0 Å². The molecule has 0 aromatic heterocycles. The molecular formula is C8H6BrO3S-. The average molecular weight is 262 g/mol. The van der Waals surface area contributed by atoms with Gasteiger partial charge in [-0.05, 0) is 23.2 Å². The number of ketones is 1. The van der Waals surface area contributed by atoms with Gasteiger partial charge >= 0.3 is 0 Å². The highest BCUT2D eigenvalue weighted by Gasteiger charge is 2.02. The summed E-state index contributed by atoms with van der Waals surface area (Å²) in [7, 11) is 0. The Morgan fingerprint density at radius 2 is 1.92 bits per heavy atom. The lowest BCUT2D eigenvalue weighted by Crippen LogP contribution is -1.99. The molecule has 0 fully saturated rings. The first kappa shape index (κ1) is 10.6. The number of benzene rings is 1. The number of hydrogen-bond acceptors (Lipinski definition) is 3. The first-order chi connectivity index (χ1) is 6.15. The van der Waals surface area contributed by atoms with Crippen LogP contribution in [0.2, 0.25) is 0 Å². The maximum Gasteiger partial charge on any atom is 0.173 e. The minimum absolute atomic E-state index is 0.0665. The lowest BCUT2D eigenvalue weighted by atomic mass is 10.2. The summed E-state index contributed by atoms with van der Waals surface area (Å²) in [6.07, 6.45) is 0. The van der Waals surface area contributed by atoms with Gasteiger partial charge in [0.2, 0.25) is 0 Å². The summed E-state index contributed by atoms with van der Waals surface area (Å²) in [5.74, 6) is -0.0665. The molecular weight excluding hydrogens is 256 g/mol. The van der Waals surface area contributed by atoms with Gasteiger partial charge in [-0.1, -0.05) is 28.1 Å². The molecule has 13 heavy (non-hydrogen) atoms. The number of hydrogen-bond donors (Lipinski definition) is 0. The largest absolute Gasteiger partial charge is 0.768 e. The van der Waals surface area contributed by atoms with Gasteiger partial charge in [0.15, 0.2) is 5.78 Å². The summed E-state index contributed by atoms with van der Waals surface area (Å²) in [5, 5.41) is 0.243. The summed E-state index contributed by atoms with van der Waals surface area (Å²) in [6.45, 7) is 0. The molecule has 0 saturated heterocycles. The molecule has 0 aliphatic rings. The van der Waals surface area contributed by atoms with Crippen molar-refractivity contribution in [2.75, 3.05) is 5.33 Å². The molecule has 0 heterocycles. The Hall–Kier alpha value is -0.520. The summed E-state index contributed by atoms with van der Waals surface area (Å²) >= 11 is 0.802. The van der Waals surface area contributed by atoms with Crippen LogP contribution in [0, 0.1) is 0 Å². The maximum absolute atomic E-state index is 11.1. The Kier molecular flexibility index (Phi) is 3.77. The zero-order valence-corrected chi connectivity index (χ0v) is 8.93. The molecule has 0 aliphatic carbocycles. The molecule has 0 spiro atoms. The maximum atomic E-state index is 11.1. The van der Waals surface area contributed by atoms with Crippen molar-refractivity contribution in [2.24, 2.45) is 0 Å². The average Bonchev–Trinajstić information content (AvgIpc) is 2.17. The van der Waals surface area contributed by atoms with E-state index in [1.165, 1.54) is 24.3 Å². The van der Waals surface area contributed by atoms with Gasteiger partial charge in [-0.3, -0.25) is 9.00 Å². The van der Waals surface area contributed by atoms with Crippen LogP contribution in [0.5, 0.6) is 0 Å². The van der Waals surface area contributed by atoms with E-state index in [2.05, 4.69) is 15.9 Å². The molecule has 70 valence electrons. The molecule has 0 N–H and O–H groups in total. The summed E-state index contributed by atoms with van der Waals surface area (Å²) in [5.41, 5.74) is 0.506. The second-order valence-electron chi connectivity index (χ2n) is 2.32. The van der Waals surface area contributed by atoms with E-state index in [1.54, 1.807) is 0 Å². The molecule has 1 rings (SSSR count). The zero-order valence-electron chi connectivity index (χ0n) is 6.53. The first-order valence-corrected chi connectivity index (χ1v) is 5.63. The molecule has 0 bridgehead atoms. The Balaban J connectivity index is 2.93. The van der Waals surface area contributed by atoms with E-state index in [4.69, 9.17) is 0 Å². The molecule has 0 aliphatic heterocycles. The quantitative estimate of drug-likeness (QED) is 0.471. The molecule has 1 aromatic rings. The van der Waals surface area contributed by atoms with Crippen LogP contribution in [0.15, 0.2) is 29.2 Å². The van der Waals surface area contributed by atoms with Crippen LogP contribution in [0.1, 0.15) is 10.4 Å². The fourth-order valence-electron chi connectivity index (χ4n) is 0.829. The predicted molar refractivity (Wildman–Crippen MR) is 51.8 cm³/mol. The standard InChI is InChI=1S/C8H7BrO3S/c9-5-8(10)6-1-3-7(4-2-6)13(11)12/h1-4H,5H2,(H,11,12)/p-1. The van der Waals surface area contributed by atoms with Crippen molar-refractivity contribution in [1.29, 1.82) is 0 Å². The van der Waals surface area contributed by atoms with Gasteiger partial charge in [0.25, 0.3) is 0 Å². The number of Topliss-reactive ketones (excluding diaryl/α,β-unsaturated/α-hetero) is 1. The van der Waals surface area contributed by atoms with Crippen LogP contribution in [0.25, 0.3) is 0 Å². The van der Waals surface area contributed by atoms with Crippen molar-refractivity contribution in [1.82, 2.24) is 0 Å². The first-order valence-electron chi connectivity index (χ1n) is 3.43. The number of carbonyl (C=O) groups excluding carboxylic acids is 1. The summed E-state index contributed by atoms with van der Waals surface area (Å²) < 4.78 is 20.9. The fraction of sp³-hybridized carbons (Fsp3) is 0.125. The van der Waals surface area contributed by atoms with Gasteiger partial charge < -0.3 is 4.55 Å². The lowest BCUT2D eigenvalue weighted by Gasteiger charge is -2.04. The highest BCUT2D eigenvalue weighted by molar-refractivity contribution is 9.09. The number of alkyl halides is 1. The van der Waals surface area contributed by atoms with E-state index in [-0.39, 0.29) is 16.0 Å². The molecule has 0 saturated carbocycles. The minimum atomic E-state index is -2.23. The van der Waals surface area contributed by atoms with Crippen molar-refractivity contribution in [3.8, 4) is 0 Å². The van der Waals surface area contributed by atoms with Gasteiger partial charge in [-0.2, -0.15) is 0 Å². The van der Waals surface area contributed by atoms with Gasteiger partial charge in [-0.15, -0.1) is 0 Å². The van der Waals surface area contributed by atoms with E-state index in [0.717, 1.165) is 0 Å². The van der Waals surface area contributed by atoms with Crippen molar-refractivity contribution >= 4 is 32.8 Å². The smallest absolute Gasteiger partial charge is 0.173 e. The van der Waals surface area contributed by atoms with Crippen LogP contribution in [0.3, 0.4) is 0 Å². The second kappa shape index (κ2) is 4.64. The van der Waals surface area contributed by atoms with Crippen molar-refractivity contribution < 1.29 is 13.6 Å². The number of rotatable bonds is 3. The van der Waals surface area contributed by atoms with Crippen LogP contribution in [-0.4, -0.2) is 19.9 Å². The molecule has 1 aromatic carbocycles. The number of halogens is 1.